The van der Waals surface area contributed by atoms with Crippen molar-refractivity contribution >= 4 is 41.4 Å². The van der Waals surface area contributed by atoms with E-state index in [1.54, 1.807) is 4.90 Å². The van der Waals surface area contributed by atoms with Crippen LogP contribution in [0.3, 0.4) is 0 Å². The third-order valence-electron chi connectivity index (χ3n) is 7.12. The molecule has 2 rings (SSSR count). The van der Waals surface area contributed by atoms with Crippen molar-refractivity contribution in [3.63, 3.8) is 0 Å². The molecule has 268 valence electrons. The second-order valence-electron chi connectivity index (χ2n) is 10.5. The third kappa shape index (κ3) is 17.8. The summed E-state index contributed by atoms with van der Waals surface area (Å²) >= 11 is 2.81. The van der Waals surface area contributed by atoms with Gasteiger partial charge in [-0.2, -0.15) is 23.5 Å². The second-order valence-corrected chi connectivity index (χ2v) is 13.0. The van der Waals surface area contributed by atoms with E-state index < -0.39 is 30.1 Å². The second kappa shape index (κ2) is 25.0. The summed E-state index contributed by atoms with van der Waals surface area (Å²) in [6.07, 6.45) is 3.83. The van der Waals surface area contributed by atoms with Crippen LogP contribution in [0.5, 0.6) is 0 Å². The topological polar surface area (TPSA) is 217 Å². The number of esters is 2. The Morgan fingerprint density at radius 1 is 0.872 bits per heavy atom. The molecule has 1 aliphatic rings. The fraction of sp³-hybridized carbons (Fsp3) is 0.690. The van der Waals surface area contributed by atoms with Crippen LogP contribution in [0.2, 0.25) is 0 Å². The van der Waals surface area contributed by atoms with Gasteiger partial charge in [-0.1, -0.05) is 36.8 Å². The number of hydrogen-bond acceptors (Lipinski definition) is 17. The molecule has 47 heavy (non-hydrogen) atoms. The molecule has 1 aliphatic heterocycles. The van der Waals surface area contributed by atoms with E-state index in [9.17, 15) is 14.4 Å². The van der Waals surface area contributed by atoms with Crippen LogP contribution in [0.25, 0.3) is 0 Å². The van der Waals surface area contributed by atoms with E-state index in [1.165, 1.54) is 23.5 Å². The molecule has 0 saturated carbocycles. The first-order chi connectivity index (χ1) is 22.7. The Balaban J connectivity index is 2.02. The molecule has 1 aromatic carbocycles. The number of nitrogens with two attached hydrogens (primary N) is 1. The van der Waals surface area contributed by atoms with Crippen LogP contribution in [0.4, 0.5) is 0 Å². The molecular formula is C29H49N5O11S2. The van der Waals surface area contributed by atoms with Crippen molar-refractivity contribution < 1.29 is 54.4 Å². The van der Waals surface area contributed by atoms with E-state index in [-0.39, 0.29) is 43.1 Å². The molecule has 1 aromatic rings. The number of ether oxygens (including phenoxy) is 2. The highest BCUT2D eigenvalue weighted by atomic mass is 32.2. The molecular weight excluding hydrogens is 658 g/mol. The molecule has 1 saturated heterocycles. The SMILES string of the molecule is NCCCCC(NC(CCc1ccccc1)C(=O)OCCSCCON(O)O)C(=O)N1CCCC1C(=O)OCCSCCON(O)O. The standard InChI is InChI=1S/C29H49N5O11S2/c30-13-5-4-9-24(27(35)32-14-6-10-26(32)29(37)43-16-20-47-22-18-45-34(40)41)31-25(12-11-23-7-2-1-3-8-23)28(36)42-15-19-46-21-17-44-33(38)39/h1-3,7-8,24-26,31,38-41H,4-6,9-22,30H2. The number of amides is 1. The van der Waals surface area contributed by atoms with Gasteiger partial charge in [-0.3, -0.25) is 35.7 Å². The van der Waals surface area contributed by atoms with Gasteiger partial charge in [-0.05, 0) is 50.6 Å². The van der Waals surface area contributed by atoms with Gasteiger partial charge >= 0.3 is 11.9 Å². The molecule has 7 N–H and O–H groups in total. The zero-order valence-corrected chi connectivity index (χ0v) is 28.2. The number of likely N-dealkylation sites (tertiary alicyclic amines) is 1. The summed E-state index contributed by atoms with van der Waals surface area (Å²) in [6.45, 7) is 1.23. The molecule has 0 bridgehead atoms. The molecule has 3 unspecified atom stereocenters. The van der Waals surface area contributed by atoms with Gasteiger partial charge in [0.15, 0.2) is 0 Å². The summed E-state index contributed by atoms with van der Waals surface area (Å²) in [4.78, 5) is 50.8. The van der Waals surface area contributed by atoms with Crippen molar-refractivity contribution in [3.8, 4) is 0 Å². The molecule has 0 aliphatic carbocycles. The van der Waals surface area contributed by atoms with Gasteiger partial charge in [0.1, 0.15) is 25.3 Å². The number of benzene rings is 1. The van der Waals surface area contributed by atoms with Crippen molar-refractivity contribution in [2.24, 2.45) is 5.73 Å². The van der Waals surface area contributed by atoms with E-state index in [2.05, 4.69) is 15.0 Å². The van der Waals surface area contributed by atoms with Gasteiger partial charge in [0, 0.05) is 29.6 Å². The first-order valence-electron chi connectivity index (χ1n) is 15.6. The molecule has 18 heteroatoms. The minimum absolute atomic E-state index is 0.0642. The lowest BCUT2D eigenvalue weighted by Crippen LogP contribution is -2.54. The average Bonchev–Trinajstić information content (AvgIpc) is 3.55. The first-order valence-corrected chi connectivity index (χ1v) is 17.9. The maximum absolute atomic E-state index is 14.0. The monoisotopic (exact) mass is 707 g/mol. The predicted octanol–water partition coefficient (Wildman–Crippen LogP) is 1.64. The highest BCUT2D eigenvalue weighted by molar-refractivity contribution is 7.99. The Labute approximate surface area is 283 Å². The Morgan fingerprint density at radius 3 is 2.11 bits per heavy atom. The van der Waals surface area contributed by atoms with Crippen LogP contribution in [-0.2, 0) is 40.0 Å². The molecule has 0 spiro atoms. The number of carbonyl (C=O) groups is 3. The van der Waals surface area contributed by atoms with Crippen molar-refractivity contribution in [2.75, 3.05) is 62.5 Å². The van der Waals surface area contributed by atoms with Crippen LogP contribution < -0.4 is 11.1 Å². The van der Waals surface area contributed by atoms with Crippen LogP contribution >= 0.6 is 23.5 Å². The zero-order valence-electron chi connectivity index (χ0n) is 26.5. The molecule has 3 atom stereocenters. The number of nitrogens with one attached hydrogen (secondary N) is 1. The van der Waals surface area contributed by atoms with Crippen molar-refractivity contribution in [2.45, 2.75) is 63.1 Å². The van der Waals surface area contributed by atoms with Gasteiger partial charge in [0.25, 0.3) is 0 Å². The zero-order chi connectivity index (χ0) is 34.3. The van der Waals surface area contributed by atoms with Gasteiger partial charge in [0.2, 0.25) is 5.91 Å². The minimum Gasteiger partial charge on any atom is -0.464 e. The van der Waals surface area contributed by atoms with Crippen molar-refractivity contribution in [1.82, 2.24) is 21.0 Å². The highest BCUT2D eigenvalue weighted by Gasteiger charge is 2.39. The average molecular weight is 708 g/mol. The van der Waals surface area contributed by atoms with E-state index >= 15 is 0 Å². The molecule has 0 aromatic heterocycles. The van der Waals surface area contributed by atoms with Crippen LogP contribution in [0.15, 0.2) is 30.3 Å². The Kier molecular flexibility index (Phi) is 21.8. The number of aryl methyl sites for hydroxylation is 1. The van der Waals surface area contributed by atoms with Crippen molar-refractivity contribution in [3.05, 3.63) is 35.9 Å². The number of thioether (sulfide) groups is 2. The lowest BCUT2D eigenvalue weighted by molar-refractivity contribution is -0.491. The van der Waals surface area contributed by atoms with Crippen LogP contribution in [0.1, 0.15) is 44.1 Å². The number of unbranched alkanes of at least 4 members (excludes halogenated alkanes) is 1. The van der Waals surface area contributed by atoms with E-state index in [0.717, 1.165) is 5.56 Å². The highest BCUT2D eigenvalue weighted by Crippen LogP contribution is 2.22. The van der Waals surface area contributed by atoms with Crippen LogP contribution in [0, 0.1) is 0 Å². The summed E-state index contributed by atoms with van der Waals surface area (Å²) in [5.41, 5.74) is 6.76. The van der Waals surface area contributed by atoms with Gasteiger partial charge in [-0.15, -0.1) is 0 Å². The van der Waals surface area contributed by atoms with E-state index in [0.29, 0.717) is 81.0 Å². The molecule has 1 amide bonds. The lowest BCUT2D eigenvalue weighted by atomic mass is 10.0. The largest absolute Gasteiger partial charge is 0.464 e. The minimum atomic E-state index is -0.787. The van der Waals surface area contributed by atoms with Gasteiger partial charge in [0.05, 0.1) is 30.0 Å². The van der Waals surface area contributed by atoms with Gasteiger partial charge in [-0.25, -0.2) is 14.5 Å². The predicted molar refractivity (Wildman–Crippen MR) is 172 cm³/mol. The summed E-state index contributed by atoms with van der Waals surface area (Å²) in [7, 11) is 0. The molecule has 16 nitrogen and oxygen atoms in total. The van der Waals surface area contributed by atoms with E-state index in [4.69, 9.17) is 36.0 Å². The Bertz CT molecular complexity index is 1020. The summed E-state index contributed by atoms with van der Waals surface area (Å²) < 4.78 is 11.0. The van der Waals surface area contributed by atoms with Gasteiger partial charge < -0.3 is 20.1 Å². The fourth-order valence-electron chi connectivity index (χ4n) is 4.87. The number of carbonyl (C=O) groups excluding carboxylic acids is 3. The molecule has 0 radical (unpaired) electrons. The number of hydrogen-bond donors (Lipinski definition) is 6. The first kappa shape index (κ1) is 41.1. The summed E-state index contributed by atoms with van der Waals surface area (Å²) in [5, 5.41) is 36.9. The maximum atomic E-state index is 14.0. The fourth-order valence-corrected chi connectivity index (χ4v) is 6.07. The maximum Gasteiger partial charge on any atom is 0.328 e. The Hall–Kier alpha value is -2.07. The van der Waals surface area contributed by atoms with Crippen LogP contribution in [-0.4, -0.2) is 135 Å². The number of nitrogens with zero attached hydrogens (tertiary/aromatic N) is 3. The van der Waals surface area contributed by atoms with E-state index in [1.807, 2.05) is 30.3 Å². The molecule has 1 heterocycles. The summed E-state index contributed by atoms with van der Waals surface area (Å²) in [5.74, 6) is 0.581. The quantitative estimate of drug-likeness (QED) is 0.0458. The normalized spacial score (nSPS) is 16.1. The number of rotatable bonds is 26. The smallest absolute Gasteiger partial charge is 0.328 e. The third-order valence-corrected chi connectivity index (χ3v) is 8.94. The molecule has 1 fully saturated rings. The van der Waals surface area contributed by atoms with Crippen molar-refractivity contribution in [1.29, 1.82) is 0 Å². The summed E-state index contributed by atoms with van der Waals surface area (Å²) in [6, 6.07) is 7.42. The Morgan fingerprint density at radius 2 is 1.49 bits per heavy atom. The lowest BCUT2D eigenvalue weighted by Gasteiger charge is -2.30.